The van der Waals surface area contributed by atoms with Gasteiger partial charge in [0.25, 0.3) is 0 Å². The van der Waals surface area contributed by atoms with Gasteiger partial charge < -0.3 is 10.1 Å². The van der Waals surface area contributed by atoms with Crippen molar-refractivity contribution in [2.24, 2.45) is 0 Å². The molecule has 12 heteroatoms. The average Bonchev–Trinajstić information content (AvgIpc) is 3.33. The van der Waals surface area contributed by atoms with E-state index in [1.807, 2.05) is 0 Å². The zero-order chi connectivity index (χ0) is 24.2. The molecule has 0 aliphatic carbocycles. The number of nitrogens with zero attached hydrogens (tertiary/aromatic N) is 1. The van der Waals surface area contributed by atoms with Crippen LogP contribution in [-0.4, -0.2) is 53.3 Å². The molecule has 3 rings (SSSR count). The third kappa shape index (κ3) is 6.04. The van der Waals surface area contributed by atoms with Crippen LogP contribution in [0.4, 0.5) is 0 Å². The Morgan fingerprint density at radius 3 is 2.33 bits per heavy atom. The predicted molar refractivity (Wildman–Crippen MR) is 124 cm³/mol. The first kappa shape index (κ1) is 25.4. The summed E-state index contributed by atoms with van der Waals surface area (Å²) in [4.78, 5) is 12.5. The van der Waals surface area contributed by atoms with E-state index in [1.165, 1.54) is 48.7 Å². The summed E-state index contributed by atoms with van der Waals surface area (Å²) >= 11 is 5.91. The molecule has 180 valence electrons. The van der Waals surface area contributed by atoms with Crippen LogP contribution in [0.5, 0.6) is 5.75 Å². The first-order valence-electron chi connectivity index (χ1n) is 10.3. The van der Waals surface area contributed by atoms with Gasteiger partial charge in [-0.1, -0.05) is 23.7 Å². The molecule has 33 heavy (non-hydrogen) atoms. The molecule has 1 amide bonds. The molecular formula is C21H26ClN3O6S2. The van der Waals surface area contributed by atoms with Crippen LogP contribution < -0.4 is 14.8 Å². The van der Waals surface area contributed by atoms with Crippen LogP contribution in [0.25, 0.3) is 0 Å². The molecule has 0 radical (unpaired) electrons. The Labute approximate surface area is 199 Å². The summed E-state index contributed by atoms with van der Waals surface area (Å²) in [5.74, 6) is -0.447. The van der Waals surface area contributed by atoms with Crippen molar-refractivity contribution < 1.29 is 26.4 Å². The summed E-state index contributed by atoms with van der Waals surface area (Å²) in [7, 11) is -6.25. The number of amides is 1. The van der Waals surface area contributed by atoms with Gasteiger partial charge in [-0.2, -0.15) is 9.03 Å². The number of methoxy groups -OCH3 is 1. The molecule has 1 aliphatic heterocycles. The quantitative estimate of drug-likeness (QED) is 0.527. The number of halogens is 1. The second-order valence-electron chi connectivity index (χ2n) is 7.61. The van der Waals surface area contributed by atoms with Crippen molar-refractivity contribution in [3.63, 3.8) is 0 Å². The maximum Gasteiger partial charge on any atom is 0.245 e. The first-order chi connectivity index (χ1) is 15.5. The molecule has 0 aromatic heterocycles. The number of hydrogen-bond acceptors (Lipinski definition) is 6. The fourth-order valence-corrected chi connectivity index (χ4v) is 6.56. The first-order valence-corrected chi connectivity index (χ1v) is 13.6. The van der Waals surface area contributed by atoms with E-state index in [0.717, 1.165) is 12.8 Å². The fraction of sp³-hybridized carbons (Fsp3) is 0.381. The number of benzene rings is 2. The van der Waals surface area contributed by atoms with Crippen molar-refractivity contribution >= 4 is 37.6 Å². The minimum atomic E-state index is -4.07. The van der Waals surface area contributed by atoms with Gasteiger partial charge in [-0.25, -0.2) is 16.8 Å². The van der Waals surface area contributed by atoms with Crippen LogP contribution in [0.2, 0.25) is 5.02 Å². The number of carbonyl (C=O) groups is 1. The minimum Gasteiger partial charge on any atom is -0.495 e. The van der Waals surface area contributed by atoms with Gasteiger partial charge >= 0.3 is 0 Å². The van der Waals surface area contributed by atoms with Gasteiger partial charge in [-0.05, 0) is 55.7 Å². The molecule has 1 unspecified atom stereocenters. The van der Waals surface area contributed by atoms with Gasteiger partial charge in [0.15, 0.2) is 0 Å². The summed E-state index contributed by atoms with van der Waals surface area (Å²) in [6.45, 7) is 2.56. The highest BCUT2D eigenvalue weighted by Crippen LogP contribution is 2.27. The molecule has 2 aromatic carbocycles. The largest absolute Gasteiger partial charge is 0.495 e. The Balaban J connectivity index is 1.61. The SMILES string of the molecule is COc1ccc(Cl)cc1S(=O)(=O)NC(C)C(=O)NCc1ccc(S(=O)(=O)N2CCCC2)cc1. The van der Waals surface area contributed by atoms with Crippen LogP contribution in [-0.2, 0) is 31.4 Å². The minimum absolute atomic E-state index is 0.100. The number of nitrogens with one attached hydrogen (secondary N) is 2. The molecule has 2 aromatic rings. The molecule has 1 aliphatic rings. The lowest BCUT2D eigenvalue weighted by Crippen LogP contribution is -2.44. The molecule has 2 N–H and O–H groups in total. The van der Waals surface area contributed by atoms with E-state index in [2.05, 4.69) is 10.0 Å². The Hall–Kier alpha value is -2.18. The summed E-state index contributed by atoms with van der Waals surface area (Å²) in [6, 6.07) is 9.34. The molecule has 1 atom stereocenters. The summed E-state index contributed by atoms with van der Waals surface area (Å²) in [5, 5.41) is 2.85. The van der Waals surface area contributed by atoms with E-state index >= 15 is 0 Å². The van der Waals surface area contributed by atoms with Gasteiger partial charge in [0.1, 0.15) is 10.6 Å². The third-order valence-electron chi connectivity index (χ3n) is 5.23. The van der Waals surface area contributed by atoms with E-state index in [9.17, 15) is 21.6 Å². The number of hydrogen-bond donors (Lipinski definition) is 2. The second-order valence-corrected chi connectivity index (χ2v) is 11.7. The van der Waals surface area contributed by atoms with Crippen LogP contribution in [0.15, 0.2) is 52.3 Å². The van der Waals surface area contributed by atoms with Crippen LogP contribution in [0, 0.1) is 0 Å². The lowest BCUT2D eigenvalue weighted by Gasteiger charge is -2.17. The Morgan fingerprint density at radius 1 is 1.09 bits per heavy atom. The summed E-state index contributed by atoms with van der Waals surface area (Å²) in [6.07, 6.45) is 1.71. The maximum absolute atomic E-state index is 12.7. The highest BCUT2D eigenvalue weighted by atomic mass is 35.5. The molecule has 1 fully saturated rings. The molecular weight excluding hydrogens is 490 g/mol. The molecule has 9 nitrogen and oxygen atoms in total. The Morgan fingerprint density at radius 2 is 1.73 bits per heavy atom. The van der Waals surface area contributed by atoms with E-state index in [0.29, 0.717) is 18.7 Å². The molecule has 1 heterocycles. The standard InChI is InChI=1S/C21H26ClN3O6S2/c1-15(24-32(27,28)20-13-17(22)7-10-19(20)31-2)21(26)23-14-16-5-8-18(9-6-16)33(29,30)25-11-3-4-12-25/h5-10,13,15,24H,3-4,11-12,14H2,1-2H3,(H,23,26). The monoisotopic (exact) mass is 515 g/mol. The van der Waals surface area contributed by atoms with Crippen LogP contribution in [0.3, 0.4) is 0 Å². The zero-order valence-electron chi connectivity index (χ0n) is 18.2. The lowest BCUT2D eigenvalue weighted by atomic mass is 10.2. The normalized spacial score (nSPS) is 15.8. The van der Waals surface area contributed by atoms with Crippen LogP contribution in [0.1, 0.15) is 25.3 Å². The van der Waals surface area contributed by atoms with Crippen molar-refractivity contribution in [3.05, 3.63) is 53.1 Å². The Bertz CT molecular complexity index is 1210. The van der Waals surface area contributed by atoms with E-state index in [-0.39, 0.29) is 27.1 Å². The summed E-state index contributed by atoms with van der Waals surface area (Å²) in [5.41, 5.74) is 0.676. The Kier molecular flexibility index (Phi) is 8.01. The summed E-state index contributed by atoms with van der Waals surface area (Å²) < 4.78 is 59.4. The number of carbonyl (C=O) groups excluding carboxylic acids is 1. The smallest absolute Gasteiger partial charge is 0.245 e. The number of rotatable bonds is 9. The van der Waals surface area contributed by atoms with Crippen molar-refractivity contribution in [2.45, 2.75) is 42.1 Å². The number of ether oxygens (including phenoxy) is 1. The van der Waals surface area contributed by atoms with Gasteiger partial charge in [0, 0.05) is 24.7 Å². The zero-order valence-corrected chi connectivity index (χ0v) is 20.6. The third-order valence-corrected chi connectivity index (χ3v) is 8.94. The van der Waals surface area contributed by atoms with Crippen molar-refractivity contribution in [2.75, 3.05) is 20.2 Å². The molecule has 0 bridgehead atoms. The number of sulfonamides is 2. The van der Waals surface area contributed by atoms with Gasteiger partial charge in [0.2, 0.25) is 26.0 Å². The fourth-order valence-electron chi connectivity index (χ4n) is 3.41. The second kappa shape index (κ2) is 10.4. The predicted octanol–water partition coefficient (Wildman–Crippen LogP) is 2.12. The average molecular weight is 516 g/mol. The van der Waals surface area contributed by atoms with E-state index < -0.39 is 32.0 Å². The van der Waals surface area contributed by atoms with Crippen molar-refractivity contribution in [1.29, 1.82) is 0 Å². The van der Waals surface area contributed by atoms with Gasteiger partial charge in [-0.15, -0.1) is 0 Å². The van der Waals surface area contributed by atoms with E-state index in [4.69, 9.17) is 16.3 Å². The van der Waals surface area contributed by atoms with Gasteiger partial charge in [-0.3, -0.25) is 4.79 Å². The molecule has 0 spiro atoms. The highest BCUT2D eigenvalue weighted by Gasteiger charge is 2.27. The maximum atomic E-state index is 12.7. The molecule has 1 saturated heterocycles. The van der Waals surface area contributed by atoms with E-state index in [1.54, 1.807) is 12.1 Å². The van der Waals surface area contributed by atoms with Crippen molar-refractivity contribution in [3.8, 4) is 5.75 Å². The van der Waals surface area contributed by atoms with Crippen LogP contribution >= 0.6 is 11.6 Å². The van der Waals surface area contributed by atoms with Gasteiger partial charge in [0.05, 0.1) is 18.0 Å². The lowest BCUT2D eigenvalue weighted by molar-refractivity contribution is -0.122. The molecule has 0 saturated carbocycles. The topological polar surface area (TPSA) is 122 Å². The highest BCUT2D eigenvalue weighted by molar-refractivity contribution is 7.89. The van der Waals surface area contributed by atoms with Crippen molar-refractivity contribution in [1.82, 2.24) is 14.3 Å².